The van der Waals surface area contributed by atoms with E-state index in [1.807, 2.05) is 30.3 Å². The van der Waals surface area contributed by atoms with Crippen molar-refractivity contribution in [2.75, 3.05) is 19.2 Å². The molecule has 2 amide bonds. The molecule has 132 valence electrons. The van der Waals surface area contributed by atoms with Gasteiger partial charge in [-0.05, 0) is 12.0 Å². The van der Waals surface area contributed by atoms with E-state index in [9.17, 15) is 14.4 Å². The molecule has 8 heteroatoms. The van der Waals surface area contributed by atoms with Crippen LogP contribution >= 0.6 is 11.6 Å². The van der Waals surface area contributed by atoms with E-state index in [2.05, 4.69) is 10.6 Å². The summed E-state index contributed by atoms with van der Waals surface area (Å²) in [4.78, 5) is 34.1. The average Bonchev–Trinajstić information content (AvgIpc) is 2.59. The third-order valence-electron chi connectivity index (χ3n) is 2.85. The summed E-state index contributed by atoms with van der Waals surface area (Å²) in [7, 11) is 0. The van der Waals surface area contributed by atoms with Gasteiger partial charge in [0.1, 0.15) is 6.61 Å². The van der Waals surface area contributed by atoms with Crippen molar-refractivity contribution >= 4 is 29.6 Å². The number of ether oxygens (including phenoxy) is 2. The molecule has 0 radical (unpaired) electrons. The van der Waals surface area contributed by atoms with Crippen molar-refractivity contribution in [3.05, 3.63) is 35.9 Å². The van der Waals surface area contributed by atoms with Gasteiger partial charge >= 0.3 is 12.1 Å². The fourth-order valence-electron chi connectivity index (χ4n) is 1.64. The number of carbonyl (C=O) groups excluding carboxylic acids is 3. The Morgan fingerprint density at radius 2 is 1.75 bits per heavy atom. The second-order valence-corrected chi connectivity index (χ2v) is 5.17. The highest BCUT2D eigenvalue weighted by Crippen LogP contribution is 2.00. The van der Waals surface area contributed by atoms with E-state index in [1.165, 1.54) is 0 Å². The summed E-state index contributed by atoms with van der Waals surface area (Å²) in [6.45, 7) is 0.0278. The van der Waals surface area contributed by atoms with Gasteiger partial charge in [-0.3, -0.25) is 14.9 Å². The molecule has 0 aliphatic rings. The van der Waals surface area contributed by atoms with Gasteiger partial charge in [-0.15, -0.1) is 11.6 Å². The van der Waals surface area contributed by atoms with Crippen molar-refractivity contribution in [3.8, 4) is 0 Å². The van der Waals surface area contributed by atoms with Crippen LogP contribution in [0.4, 0.5) is 4.79 Å². The van der Waals surface area contributed by atoms with Crippen molar-refractivity contribution < 1.29 is 23.9 Å². The van der Waals surface area contributed by atoms with Gasteiger partial charge in [0.05, 0.1) is 6.42 Å². The van der Waals surface area contributed by atoms with E-state index in [0.717, 1.165) is 5.56 Å². The average molecular weight is 357 g/mol. The van der Waals surface area contributed by atoms with Crippen molar-refractivity contribution in [2.45, 2.75) is 25.9 Å². The van der Waals surface area contributed by atoms with E-state index in [1.54, 1.807) is 0 Å². The topological polar surface area (TPSA) is 93.7 Å². The fraction of sp³-hybridized carbons (Fsp3) is 0.438. The Balaban J connectivity index is 2.04. The van der Waals surface area contributed by atoms with E-state index >= 15 is 0 Å². The molecular formula is C16H21ClN2O5. The van der Waals surface area contributed by atoms with E-state index in [0.29, 0.717) is 18.7 Å². The maximum Gasteiger partial charge on any atom is 0.410 e. The first-order valence-corrected chi connectivity index (χ1v) is 8.08. The van der Waals surface area contributed by atoms with Crippen LogP contribution in [0.2, 0.25) is 0 Å². The molecule has 0 atom stereocenters. The number of alkyl halides is 1. The quantitative estimate of drug-likeness (QED) is 0.379. The number of nitrogens with one attached hydrogen (secondary N) is 2. The zero-order valence-electron chi connectivity index (χ0n) is 13.3. The highest BCUT2D eigenvalue weighted by Gasteiger charge is 2.07. The van der Waals surface area contributed by atoms with Gasteiger partial charge in [0.2, 0.25) is 5.91 Å². The number of carbonyl (C=O) groups is 3. The summed E-state index contributed by atoms with van der Waals surface area (Å²) < 4.78 is 9.76. The summed E-state index contributed by atoms with van der Waals surface area (Å²) in [5.41, 5.74) is 0.856. The molecule has 0 aliphatic carbocycles. The van der Waals surface area contributed by atoms with Crippen LogP contribution in [0, 0.1) is 0 Å². The molecular weight excluding hydrogens is 336 g/mol. The first-order valence-electron chi connectivity index (χ1n) is 7.54. The Kier molecular flexibility index (Phi) is 10.0. The molecule has 1 rings (SSSR count). The smallest absolute Gasteiger partial charge is 0.410 e. The second kappa shape index (κ2) is 12.2. The molecule has 7 nitrogen and oxygen atoms in total. The number of halogens is 1. The Morgan fingerprint density at radius 1 is 1.00 bits per heavy atom. The van der Waals surface area contributed by atoms with Gasteiger partial charge in [-0.2, -0.15) is 0 Å². The molecule has 0 bridgehead atoms. The Hall–Kier alpha value is -2.28. The third kappa shape index (κ3) is 9.68. The van der Waals surface area contributed by atoms with Crippen LogP contribution in [-0.4, -0.2) is 37.1 Å². The van der Waals surface area contributed by atoms with Crippen LogP contribution in [-0.2, 0) is 25.7 Å². The van der Waals surface area contributed by atoms with Crippen LogP contribution in [0.5, 0.6) is 0 Å². The number of amides is 2. The largest absolute Gasteiger partial charge is 0.445 e. The minimum Gasteiger partial charge on any atom is -0.445 e. The van der Waals surface area contributed by atoms with Crippen LogP contribution < -0.4 is 10.6 Å². The van der Waals surface area contributed by atoms with Gasteiger partial charge < -0.3 is 14.8 Å². The van der Waals surface area contributed by atoms with Crippen LogP contribution in [0.15, 0.2) is 30.3 Å². The van der Waals surface area contributed by atoms with Gasteiger partial charge in [0.25, 0.3) is 0 Å². The highest BCUT2D eigenvalue weighted by molar-refractivity contribution is 6.17. The SMILES string of the molecule is O=C(CCCCl)NCCC(=O)OCNC(=O)OCc1ccccc1. The normalized spacial score (nSPS) is 9.88. The lowest BCUT2D eigenvalue weighted by Crippen LogP contribution is -2.30. The molecule has 0 aromatic heterocycles. The molecule has 2 N–H and O–H groups in total. The standard InChI is InChI=1S/C16H21ClN2O5/c17-9-4-7-14(20)18-10-8-15(21)24-12-19-16(22)23-11-13-5-2-1-3-6-13/h1-3,5-6H,4,7-12H2,(H,18,20)(H,19,22). The van der Waals surface area contributed by atoms with Crippen molar-refractivity contribution in [1.29, 1.82) is 0 Å². The molecule has 0 saturated heterocycles. The van der Waals surface area contributed by atoms with Crippen LogP contribution in [0.1, 0.15) is 24.8 Å². The number of hydrogen-bond donors (Lipinski definition) is 2. The first kappa shape index (κ1) is 19.8. The Morgan fingerprint density at radius 3 is 2.46 bits per heavy atom. The predicted octanol–water partition coefficient (Wildman–Crippen LogP) is 1.94. The molecule has 0 unspecified atom stereocenters. The number of alkyl carbamates (subject to hydrolysis) is 1. The van der Waals surface area contributed by atoms with Crippen LogP contribution in [0.3, 0.4) is 0 Å². The summed E-state index contributed by atoms with van der Waals surface area (Å²) >= 11 is 5.47. The molecule has 1 aromatic carbocycles. The molecule has 1 aromatic rings. The number of benzene rings is 1. The summed E-state index contributed by atoms with van der Waals surface area (Å²) in [6, 6.07) is 9.20. The first-order chi connectivity index (χ1) is 11.6. The molecule has 0 saturated carbocycles. The van der Waals surface area contributed by atoms with Crippen molar-refractivity contribution in [1.82, 2.24) is 10.6 Å². The molecule has 0 fully saturated rings. The molecule has 0 aliphatic heterocycles. The molecule has 24 heavy (non-hydrogen) atoms. The van der Waals surface area contributed by atoms with Gasteiger partial charge in [-0.25, -0.2) is 4.79 Å². The Bertz CT molecular complexity index is 524. The zero-order valence-corrected chi connectivity index (χ0v) is 14.0. The lowest BCUT2D eigenvalue weighted by atomic mass is 10.2. The maximum absolute atomic E-state index is 11.4. The Labute approximate surface area is 145 Å². The van der Waals surface area contributed by atoms with Crippen molar-refractivity contribution in [3.63, 3.8) is 0 Å². The molecule has 0 heterocycles. The van der Waals surface area contributed by atoms with Crippen molar-refractivity contribution in [2.24, 2.45) is 0 Å². The second-order valence-electron chi connectivity index (χ2n) is 4.79. The van der Waals surface area contributed by atoms with E-state index < -0.39 is 12.1 Å². The van der Waals surface area contributed by atoms with E-state index in [4.69, 9.17) is 21.1 Å². The fourth-order valence-corrected chi connectivity index (χ4v) is 1.78. The number of rotatable bonds is 10. The number of esters is 1. The maximum atomic E-state index is 11.4. The molecule has 0 spiro atoms. The van der Waals surface area contributed by atoms with Gasteiger partial charge in [0.15, 0.2) is 6.73 Å². The summed E-state index contributed by atoms with van der Waals surface area (Å²) in [6.07, 6.45) is 0.258. The lowest BCUT2D eigenvalue weighted by molar-refractivity contribution is -0.144. The third-order valence-corrected chi connectivity index (χ3v) is 3.12. The monoisotopic (exact) mass is 356 g/mol. The van der Waals surface area contributed by atoms with Crippen LogP contribution in [0.25, 0.3) is 0 Å². The number of hydrogen-bond acceptors (Lipinski definition) is 5. The minimum absolute atomic E-state index is 0.0212. The summed E-state index contributed by atoms with van der Waals surface area (Å²) in [5.74, 6) is -0.274. The van der Waals surface area contributed by atoms with Gasteiger partial charge in [-0.1, -0.05) is 30.3 Å². The minimum atomic E-state index is -0.680. The summed E-state index contributed by atoms with van der Waals surface area (Å²) in [5, 5.41) is 4.88. The highest BCUT2D eigenvalue weighted by atomic mass is 35.5. The van der Waals surface area contributed by atoms with E-state index in [-0.39, 0.29) is 32.2 Å². The zero-order chi connectivity index (χ0) is 17.6. The predicted molar refractivity (Wildman–Crippen MR) is 88.3 cm³/mol. The van der Waals surface area contributed by atoms with Gasteiger partial charge in [0, 0.05) is 18.8 Å². The lowest BCUT2D eigenvalue weighted by Gasteiger charge is -2.08.